The number of hydrogen-bond donors (Lipinski definition) is 3. The van der Waals surface area contributed by atoms with E-state index in [0.29, 0.717) is 37.8 Å². The molecule has 0 atom stereocenters. The first-order valence-corrected chi connectivity index (χ1v) is 12.1. The van der Waals surface area contributed by atoms with Crippen molar-refractivity contribution < 1.29 is 13.9 Å². The molecule has 0 radical (unpaired) electrons. The number of rotatable bonds is 5. The number of H-pyrrole nitrogens is 1. The fourth-order valence-electron chi connectivity index (χ4n) is 4.00. The van der Waals surface area contributed by atoms with Gasteiger partial charge in [-0.3, -0.25) is 5.32 Å². The Morgan fingerprint density at radius 3 is 2.43 bits per heavy atom. The van der Waals surface area contributed by atoms with Crippen molar-refractivity contribution in [2.75, 3.05) is 41.7 Å². The highest BCUT2D eigenvalue weighted by Gasteiger charge is 2.26. The van der Waals surface area contributed by atoms with E-state index >= 15 is 0 Å². The Morgan fingerprint density at radius 1 is 1.00 bits per heavy atom. The number of para-hydroxylation sites is 2. The molecular formula is C26H29FN8O2. The minimum absolute atomic E-state index is 0.0485. The van der Waals surface area contributed by atoms with Crippen LogP contribution < -0.4 is 15.5 Å². The molecule has 3 N–H and O–H groups in total. The average Bonchev–Trinajstić information content (AvgIpc) is 3.28. The molecule has 1 saturated heterocycles. The first-order valence-electron chi connectivity index (χ1n) is 12.1. The Kier molecular flexibility index (Phi) is 6.51. The van der Waals surface area contributed by atoms with Gasteiger partial charge in [-0.2, -0.15) is 4.98 Å². The van der Waals surface area contributed by atoms with Crippen LogP contribution in [0.5, 0.6) is 0 Å². The minimum Gasteiger partial charge on any atom is -0.444 e. The lowest BCUT2D eigenvalue weighted by atomic mass is 10.2. The zero-order valence-corrected chi connectivity index (χ0v) is 21.0. The number of aromatic amines is 1. The summed E-state index contributed by atoms with van der Waals surface area (Å²) < 4.78 is 19.9. The summed E-state index contributed by atoms with van der Waals surface area (Å²) in [4.78, 5) is 32.1. The number of piperazine rings is 1. The van der Waals surface area contributed by atoms with Crippen LogP contribution in [0.4, 0.5) is 38.3 Å². The Balaban J connectivity index is 1.20. The van der Waals surface area contributed by atoms with Gasteiger partial charge < -0.3 is 24.8 Å². The Hall–Kier alpha value is -4.41. The number of imidazole rings is 1. The van der Waals surface area contributed by atoms with Crippen LogP contribution >= 0.6 is 0 Å². The summed E-state index contributed by atoms with van der Waals surface area (Å²) in [6.45, 7) is 8.16. The maximum absolute atomic E-state index is 14.4. The van der Waals surface area contributed by atoms with Gasteiger partial charge >= 0.3 is 6.09 Å². The number of halogens is 1. The zero-order valence-electron chi connectivity index (χ0n) is 21.0. The molecule has 11 heteroatoms. The molecule has 1 fully saturated rings. The van der Waals surface area contributed by atoms with Crippen LogP contribution in [0.15, 0.2) is 54.7 Å². The second-order valence-electron chi connectivity index (χ2n) is 9.74. The van der Waals surface area contributed by atoms with Crippen molar-refractivity contribution in [1.82, 2.24) is 24.8 Å². The number of amides is 1. The van der Waals surface area contributed by atoms with E-state index in [-0.39, 0.29) is 17.9 Å². The van der Waals surface area contributed by atoms with Gasteiger partial charge in [-0.1, -0.05) is 12.1 Å². The summed E-state index contributed by atoms with van der Waals surface area (Å²) in [6.07, 6.45) is 0.825. The molecule has 2 aromatic carbocycles. The summed E-state index contributed by atoms with van der Waals surface area (Å²) in [5, 5.41) is 6.00. The van der Waals surface area contributed by atoms with E-state index in [0.717, 1.165) is 22.9 Å². The van der Waals surface area contributed by atoms with Crippen LogP contribution in [-0.4, -0.2) is 62.7 Å². The van der Waals surface area contributed by atoms with Crippen molar-refractivity contribution in [1.29, 1.82) is 0 Å². The topological polar surface area (TPSA) is 111 Å². The quantitative estimate of drug-likeness (QED) is 0.347. The second kappa shape index (κ2) is 9.92. The van der Waals surface area contributed by atoms with E-state index in [1.165, 1.54) is 0 Å². The maximum atomic E-state index is 14.4. The van der Waals surface area contributed by atoms with Gasteiger partial charge in [0, 0.05) is 37.6 Å². The van der Waals surface area contributed by atoms with Crippen LogP contribution in [-0.2, 0) is 4.74 Å². The first-order chi connectivity index (χ1) is 17.7. The lowest BCUT2D eigenvalue weighted by Crippen LogP contribution is -2.50. The third kappa shape index (κ3) is 5.88. The van der Waals surface area contributed by atoms with Crippen molar-refractivity contribution in [3.63, 3.8) is 0 Å². The number of fused-ring (bicyclic) bond motifs is 1. The number of nitrogens with one attached hydrogen (secondary N) is 3. The van der Waals surface area contributed by atoms with Crippen molar-refractivity contribution in [2.45, 2.75) is 26.4 Å². The van der Waals surface area contributed by atoms with Gasteiger partial charge in [0.15, 0.2) is 11.6 Å². The summed E-state index contributed by atoms with van der Waals surface area (Å²) in [5.41, 5.74) is 2.87. The molecular weight excluding hydrogens is 475 g/mol. The lowest BCUT2D eigenvalue weighted by molar-refractivity contribution is 0.0240. The van der Waals surface area contributed by atoms with E-state index in [9.17, 15) is 9.18 Å². The van der Waals surface area contributed by atoms with Crippen LogP contribution in [0.3, 0.4) is 0 Å². The summed E-state index contributed by atoms with van der Waals surface area (Å²) in [5.74, 6) is 0.155. The highest BCUT2D eigenvalue weighted by atomic mass is 19.1. The highest BCUT2D eigenvalue weighted by Crippen LogP contribution is 2.24. The van der Waals surface area contributed by atoms with Crippen LogP contribution in [0, 0.1) is 5.82 Å². The van der Waals surface area contributed by atoms with Crippen LogP contribution in [0.2, 0.25) is 0 Å². The lowest BCUT2D eigenvalue weighted by Gasteiger charge is -2.36. The number of benzene rings is 2. The summed E-state index contributed by atoms with van der Waals surface area (Å²) in [6, 6.07) is 15.3. The summed E-state index contributed by atoms with van der Waals surface area (Å²) in [7, 11) is 0. The van der Waals surface area contributed by atoms with Crippen LogP contribution in [0.1, 0.15) is 20.8 Å². The third-order valence-corrected chi connectivity index (χ3v) is 5.79. The first kappa shape index (κ1) is 24.3. The fourth-order valence-corrected chi connectivity index (χ4v) is 4.00. The molecule has 3 heterocycles. The van der Waals surface area contributed by atoms with E-state index in [4.69, 9.17) is 4.74 Å². The van der Waals surface area contributed by atoms with Gasteiger partial charge in [0.25, 0.3) is 0 Å². The summed E-state index contributed by atoms with van der Waals surface area (Å²) >= 11 is 0. The molecule has 1 aliphatic rings. The standard InChI is InChI=1S/C26H29FN8O2/c1-26(2,3)37-25(36)35-14-12-34(13-15-35)18-10-8-17(9-11-18)29-22-19(27)16-28-23(32-22)33-24-30-20-6-4-5-7-21(20)31-24/h4-11,16H,12-15H2,1-3H3,(H3,28,29,30,31,32,33). The molecule has 5 rings (SSSR count). The number of carbonyl (C=O) groups is 1. The molecule has 0 unspecified atom stereocenters. The number of anilines is 5. The number of hydrogen-bond acceptors (Lipinski definition) is 8. The Labute approximate surface area is 213 Å². The molecule has 2 aromatic heterocycles. The predicted octanol–water partition coefficient (Wildman–Crippen LogP) is 5.04. The number of ether oxygens (including phenoxy) is 1. The predicted molar refractivity (Wildman–Crippen MR) is 141 cm³/mol. The third-order valence-electron chi connectivity index (χ3n) is 5.79. The molecule has 0 aliphatic carbocycles. The monoisotopic (exact) mass is 504 g/mol. The molecule has 1 aliphatic heterocycles. The van der Waals surface area contributed by atoms with Gasteiger partial charge in [0.05, 0.1) is 17.2 Å². The molecule has 4 aromatic rings. The zero-order chi connectivity index (χ0) is 26.0. The SMILES string of the molecule is CC(C)(C)OC(=O)N1CCN(c2ccc(Nc3nc(Nc4nc5ccccc5[nH]4)ncc3F)cc2)CC1. The molecule has 1 amide bonds. The van der Waals surface area contributed by atoms with E-state index in [2.05, 4.69) is 35.5 Å². The molecule has 0 bridgehead atoms. The van der Waals surface area contributed by atoms with Gasteiger partial charge in [-0.05, 0) is 57.2 Å². The molecule has 10 nitrogen and oxygen atoms in total. The van der Waals surface area contributed by atoms with Crippen molar-refractivity contribution in [2.24, 2.45) is 0 Å². The van der Waals surface area contributed by atoms with Crippen LogP contribution in [0.25, 0.3) is 11.0 Å². The van der Waals surface area contributed by atoms with E-state index in [1.807, 2.05) is 69.3 Å². The van der Waals surface area contributed by atoms with Gasteiger partial charge in [-0.25, -0.2) is 19.2 Å². The number of aromatic nitrogens is 4. The number of nitrogens with zero attached hydrogens (tertiary/aromatic N) is 5. The Morgan fingerprint density at radius 2 is 1.73 bits per heavy atom. The van der Waals surface area contributed by atoms with Gasteiger partial charge in [-0.15, -0.1) is 0 Å². The number of carbonyl (C=O) groups excluding carboxylic acids is 1. The average molecular weight is 505 g/mol. The maximum Gasteiger partial charge on any atom is 0.410 e. The second-order valence-corrected chi connectivity index (χ2v) is 9.74. The van der Waals surface area contributed by atoms with Crippen molar-refractivity contribution in [3.8, 4) is 0 Å². The molecule has 37 heavy (non-hydrogen) atoms. The van der Waals surface area contributed by atoms with Gasteiger partial charge in [0.1, 0.15) is 5.60 Å². The van der Waals surface area contributed by atoms with Crippen molar-refractivity contribution >= 4 is 46.2 Å². The van der Waals surface area contributed by atoms with Gasteiger partial charge in [0.2, 0.25) is 11.9 Å². The highest BCUT2D eigenvalue weighted by molar-refractivity contribution is 5.78. The largest absolute Gasteiger partial charge is 0.444 e. The normalized spacial score (nSPS) is 14.1. The van der Waals surface area contributed by atoms with Crippen molar-refractivity contribution in [3.05, 3.63) is 60.5 Å². The fraction of sp³-hybridized carbons (Fsp3) is 0.308. The Bertz CT molecular complexity index is 1360. The smallest absolute Gasteiger partial charge is 0.410 e. The molecule has 0 spiro atoms. The molecule has 192 valence electrons. The van der Waals surface area contributed by atoms with E-state index < -0.39 is 11.4 Å². The molecule has 0 saturated carbocycles. The van der Waals surface area contributed by atoms with E-state index in [1.54, 1.807) is 4.90 Å². The minimum atomic E-state index is -0.572.